The van der Waals surface area contributed by atoms with Gasteiger partial charge >= 0.3 is 0 Å². The van der Waals surface area contributed by atoms with Gasteiger partial charge in [0.1, 0.15) is 0 Å². The second-order valence-electron chi connectivity index (χ2n) is 3.11. The van der Waals surface area contributed by atoms with Crippen LogP contribution in [0.2, 0.25) is 0 Å². The van der Waals surface area contributed by atoms with Gasteiger partial charge in [0.15, 0.2) is 5.76 Å². The highest BCUT2D eigenvalue weighted by Crippen LogP contribution is 2.27. The molecule has 0 aromatic carbocycles. The molecule has 1 aromatic rings. The lowest BCUT2D eigenvalue weighted by atomic mass is 10.1. The highest BCUT2D eigenvalue weighted by Gasteiger charge is 2.22. The zero-order valence-electron chi connectivity index (χ0n) is 6.63. The van der Waals surface area contributed by atoms with Gasteiger partial charge in [-0.15, -0.1) is 0 Å². The van der Waals surface area contributed by atoms with Gasteiger partial charge in [-0.25, -0.2) is 0 Å². The Morgan fingerprint density at radius 3 is 3.09 bits per heavy atom. The van der Waals surface area contributed by atoms with E-state index in [9.17, 15) is 0 Å². The van der Waals surface area contributed by atoms with Gasteiger partial charge in [0.25, 0.3) is 0 Å². The van der Waals surface area contributed by atoms with Gasteiger partial charge in [-0.05, 0) is 26.2 Å². The predicted octanol–water partition coefficient (Wildman–Crippen LogP) is 1.18. The van der Waals surface area contributed by atoms with Crippen LogP contribution >= 0.6 is 0 Å². The first-order valence-electron chi connectivity index (χ1n) is 4.02. The van der Waals surface area contributed by atoms with Crippen LogP contribution in [0.4, 0.5) is 0 Å². The molecule has 2 rings (SSSR count). The van der Waals surface area contributed by atoms with Gasteiger partial charge in [-0.1, -0.05) is 5.16 Å². The Hall–Kier alpha value is -0.830. The summed E-state index contributed by atoms with van der Waals surface area (Å²) in [6, 6.07) is -0.00986. The van der Waals surface area contributed by atoms with Crippen LogP contribution in [0.15, 0.2) is 4.52 Å². The molecule has 1 aliphatic carbocycles. The number of rotatable bonds is 1. The van der Waals surface area contributed by atoms with Crippen molar-refractivity contribution in [1.82, 2.24) is 5.16 Å². The molecule has 1 aliphatic rings. The van der Waals surface area contributed by atoms with Crippen molar-refractivity contribution < 1.29 is 4.52 Å². The van der Waals surface area contributed by atoms with E-state index < -0.39 is 0 Å². The van der Waals surface area contributed by atoms with E-state index in [0.29, 0.717) is 0 Å². The summed E-state index contributed by atoms with van der Waals surface area (Å²) in [5.41, 5.74) is 8.08. The normalized spacial score (nSPS) is 18.4. The molecule has 0 aliphatic heterocycles. The molecule has 0 unspecified atom stereocenters. The minimum Gasteiger partial charge on any atom is -0.359 e. The van der Waals surface area contributed by atoms with Gasteiger partial charge in [0, 0.05) is 5.56 Å². The molecule has 1 atom stereocenters. The molecule has 1 heterocycles. The molecular formula is C8H12N2O. The van der Waals surface area contributed by atoms with Gasteiger partial charge in [0.2, 0.25) is 0 Å². The largest absolute Gasteiger partial charge is 0.359 e. The average molecular weight is 152 g/mol. The SMILES string of the molecule is C[C@H](N)c1onc2c1CCC2. The standard InChI is InChI=1S/C8H12N2O/c1-5(9)8-6-3-2-4-7(6)10-11-8/h5H,2-4,9H2,1H3/t5-/m0/s1. The minimum atomic E-state index is -0.00986. The van der Waals surface area contributed by atoms with Crippen molar-refractivity contribution in [2.45, 2.75) is 32.2 Å². The lowest BCUT2D eigenvalue weighted by molar-refractivity contribution is 0.358. The maximum absolute atomic E-state index is 5.70. The van der Waals surface area contributed by atoms with E-state index in [1.807, 2.05) is 6.92 Å². The first-order chi connectivity index (χ1) is 5.29. The molecule has 0 saturated carbocycles. The van der Waals surface area contributed by atoms with E-state index in [1.54, 1.807) is 0 Å². The maximum Gasteiger partial charge on any atom is 0.156 e. The van der Waals surface area contributed by atoms with Crippen molar-refractivity contribution in [1.29, 1.82) is 0 Å². The number of aromatic nitrogens is 1. The van der Waals surface area contributed by atoms with E-state index in [1.165, 1.54) is 12.0 Å². The van der Waals surface area contributed by atoms with Crippen LogP contribution < -0.4 is 5.73 Å². The van der Waals surface area contributed by atoms with Crippen molar-refractivity contribution in [2.75, 3.05) is 0 Å². The molecule has 0 spiro atoms. The highest BCUT2D eigenvalue weighted by atomic mass is 16.5. The number of nitrogens with zero attached hydrogens (tertiary/aromatic N) is 1. The quantitative estimate of drug-likeness (QED) is 0.657. The number of nitrogens with two attached hydrogens (primary N) is 1. The molecule has 11 heavy (non-hydrogen) atoms. The van der Waals surface area contributed by atoms with E-state index in [0.717, 1.165) is 24.3 Å². The van der Waals surface area contributed by atoms with Gasteiger partial charge in [-0.3, -0.25) is 0 Å². The molecule has 60 valence electrons. The minimum absolute atomic E-state index is 0.00986. The lowest BCUT2D eigenvalue weighted by Gasteiger charge is -1.99. The van der Waals surface area contributed by atoms with Crippen molar-refractivity contribution in [3.8, 4) is 0 Å². The molecule has 2 N–H and O–H groups in total. The molecule has 0 radical (unpaired) electrons. The van der Waals surface area contributed by atoms with Gasteiger partial charge in [0.05, 0.1) is 11.7 Å². The fourth-order valence-electron chi connectivity index (χ4n) is 1.61. The Balaban J connectivity index is 2.42. The summed E-state index contributed by atoms with van der Waals surface area (Å²) < 4.78 is 5.12. The van der Waals surface area contributed by atoms with Crippen molar-refractivity contribution in [2.24, 2.45) is 5.73 Å². The Bertz CT molecular complexity index is 265. The summed E-state index contributed by atoms with van der Waals surface area (Å²) >= 11 is 0. The Morgan fingerprint density at radius 2 is 2.36 bits per heavy atom. The van der Waals surface area contributed by atoms with Crippen molar-refractivity contribution in [3.05, 3.63) is 17.0 Å². The first kappa shape index (κ1) is 6.85. The topological polar surface area (TPSA) is 52.0 Å². The summed E-state index contributed by atoms with van der Waals surface area (Å²) in [6.45, 7) is 1.93. The molecule has 0 fully saturated rings. The van der Waals surface area contributed by atoms with E-state index >= 15 is 0 Å². The molecule has 1 aromatic heterocycles. The van der Waals surface area contributed by atoms with Crippen LogP contribution in [0.1, 0.15) is 36.4 Å². The van der Waals surface area contributed by atoms with E-state index in [2.05, 4.69) is 5.16 Å². The number of hydrogen-bond acceptors (Lipinski definition) is 3. The average Bonchev–Trinajstić information content (AvgIpc) is 2.41. The summed E-state index contributed by atoms with van der Waals surface area (Å²) in [4.78, 5) is 0. The Kier molecular flexibility index (Phi) is 1.46. The second kappa shape index (κ2) is 2.34. The third-order valence-corrected chi connectivity index (χ3v) is 2.15. The summed E-state index contributed by atoms with van der Waals surface area (Å²) in [7, 11) is 0. The highest BCUT2D eigenvalue weighted by molar-refractivity contribution is 5.28. The first-order valence-corrected chi connectivity index (χ1v) is 4.02. The Labute approximate surface area is 65.6 Å². The predicted molar refractivity (Wildman–Crippen MR) is 41.1 cm³/mol. The smallest absolute Gasteiger partial charge is 0.156 e. The van der Waals surface area contributed by atoms with Crippen LogP contribution in [0.3, 0.4) is 0 Å². The molecule has 0 saturated heterocycles. The second-order valence-corrected chi connectivity index (χ2v) is 3.11. The zero-order chi connectivity index (χ0) is 7.84. The molecule has 0 amide bonds. The Morgan fingerprint density at radius 1 is 1.55 bits per heavy atom. The van der Waals surface area contributed by atoms with Crippen molar-refractivity contribution in [3.63, 3.8) is 0 Å². The third kappa shape index (κ3) is 0.959. The number of hydrogen-bond donors (Lipinski definition) is 1. The van der Waals surface area contributed by atoms with E-state index in [4.69, 9.17) is 10.3 Å². The monoisotopic (exact) mass is 152 g/mol. The molecule has 0 bridgehead atoms. The molecule has 3 heteroatoms. The van der Waals surface area contributed by atoms with Crippen LogP contribution in [0.5, 0.6) is 0 Å². The van der Waals surface area contributed by atoms with Crippen LogP contribution in [0, 0.1) is 0 Å². The molecule has 3 nitrogen and oxygen atoms in total. The number of fused-ring (bicyclic) bond motifs is 1. The fraction of sp³-hybridized carbons (Fsp3) is 0.625. The van der Waals surface area contributed by atoms with Crippen LogP contribution in [-0.4, -0.2) is 5.16 Å². The van der Waals surface area contributed by atoms with E-state index in [-0.39, 0.29) is 6.04 Å². The summed E-state index contributed by atoms with van der Waals surface area (Å²) in [5.74, 6) is 0.887. The zero-order valence-corrected chi connectivity index (χ0v) is 6.63. The third-order valence-electron chi connectivity index (χ3n) is 2.15. The van der Waals surface area contributed by atoms with Crippen molar-refractivity contribution >= 4 is 0 Å². The number of aryl methyl sites for hydroxylation is 1. The van der Waals surface area contributed by atoms with Crippen LogP contribution in [0.25, 0.3) is 0 Å². The lowest BCUT2D eigenvalue weighted by Crippen LogP contribution is -2.05. The summed E-state index contributed by atoms with van der Waals surface area (Å²) in [6.07, 6.45) is 3.36. The maximum atomic E-state index is 5.70. The fourth-order valence-corrected chi connectivity index (χ4v) is 1.61. The molecular weight excluding hydrogens is 140 g/mol. The summed E-state index contributed by atoms with van der Waals surface area (Å²) in [5, 5.41) is 3.96. The van der Waals surface area contributed by atoms with Gasteiger partial charge in [-0.2, -0.15) is 0 Å². The van der Waals surface area contributed by atoms with Crippen LogP contribution in [-0.2, 0) is 12.8 Å². The van der Waals surface area contributed by atoms with Gasteiger partial charge < -0.3 is 10.3 Å².